The Morgan fingerprint density at radius 1 is 1.00 bits per heavy atom. The Morgan fingerprint density at radius 3 is 2.20 bits per heavy atom. The van der Waals surface area contributed by atoms with E-state index < -0.39 is 47.3 Å². The second-order valence-corrected chi connectivity index (χ2v) is 16.1. The predicted octanol–water partition coefficient (Wildman–Crippen LogP) is 6.72. The maximum absolute atomic E-state index is 15.4. The Labute approximate surface area is 304 Å². The van der Waals surface area contributed by atoms with E-state index in [0.717, 1.165) is 0 Å². The van der Waals surface area contributed by atoms with Gasteiger partial charge >= 0.3 is 0 Å². The molecular formula is C42H57N3O6. The van der Waals surface area contributed by atoms with Gasteiger partial charge in [0, 0.05) is 24.3 Å². The highest BCUT2D eigenvalue weighted by Crippen LogP contribution is 2.65. The Balaban J connectivity index is 1.67. The minimum atomic E-state index is -1.28. The van der Waals surface area contributed by atoms with Crippen LogP contribution in [0.25, 0.3) is 0 Å². The molecule has 2 aromatic rings. The molecule has 6 atom stereocenters. The number of fused-ring (bicyclic) bond motifs is 1. The third-order valence-corrected chi connectivity index (χ3v) is 11.1. The normalized spacial score (nSPS) is 26.1. The number of carbonyl (C=O) groups excluding carboxylic acids is 3. The third-order valence-electron chi connectivity index (χ3n) is 11.1. The molecule has 1 N–H and O–H groups in total. The molecule has 3 fully saturated rings. The largest absolute Gasteiger partial charge is 0.494 e. The minimum Gasteiger partial charge on any atom is -0.494 e. The van der Waals surface area contributed by atoms with Crippen molar-refractivity contribution in [1.82, 2.24) is 9.80 Å². The van der Waals surface area contributed by atoms with E-state index >= 15 is 14.4 Å². The summed E-state index contributed by atoms with van der Waals surface area (Å²) in [5.41, 5.74) is -1.58. The molecule has 51 heavy (non-hydrogen) atoms. The SMILES string of the molecule is C=CCN(C(=O)[C@@H]1[C@H]2C(=O)N([C@H](CO)c3ccccc3)C(C(=O)N(CC=C)C(C)(C)CC(C)(C)C)C23CC[C@@]1(CC)O3)c1ccc(OCC)cc1. The van der Waals surface area contributed by atoms with Gasteiger partial charge in [-0.05, 0) is 81.7 Å². The lowest BCUT2D eigenvalue weighted by molar-refractivity contribution is -0.160. The number of hydrogen-bond acceptors (Lipinski definition) is 6. The van der Waals surface area contributed by atoms with Gasteiger partial charge in [-0.1, -0.05) is 70.2 Å². The van der Waals surface area contributed by atoms with Gasteiger partial charge in [0.1, 0.15) is 17.4 Å². The van der Waals surface area contributed by atoms with E-state index in [2.05, 4.69) is 33.9 Å². The zero-order chi connectivity index (χ0) is 37.4. The van der Waals surface area contributed by atoms with Crippen molar-refractivity contribution in [3.05, 3.63) is 85.5 Å². The quantitative estimate of drug-likeness (QED) is 0.207. The molecule has 0 aromatic heterocycles. The van der Waals surface area contributed by atoms with E-state index in [1.54, 1.807) is 22.0 Å². The van der Waals surface area contributed by atoms with E-state index in [-0.39, 0.29) is 36.2 Å². The lowest BCUT2D eigenvalue weighted by Gasteiger charge is -2.46. The summed E-state index contributed by atoms with van der Waals surface area (Å²) in [6.07, 6.45) is 5.54. The lowest BCUT2D eigenvalue weighted by atomic mass is 9.64. The standard InChI is InChI=1S/C42H57N3O6/c1-10-25-43(30-19-21-31(22-20-30)50-13-4)36(47)33-34-37(48)45(32(27-46)29-17-15-14-16-18-29)35(42(34)24-23-41(33,12-3)51-42)38(49)44(26-11-2)40(8,9)28-39(5,6)7/h10-11,14-22,32-35,46H,1-2,12-13,23-28H2,3-9H3/t32-,33+,34+,35?,41-,42?/m1/s1. The monoisotopic (exact) mass is 699 g/mol. The fourth-order valence-electron chi connectivity index (χ4n) is 9.49. The molecule has 0 saturated carbocycles. The van der Waals surface area contributed by atoms with Crippen LogP contribution in [-0.4, -0.2) is 81.7 Å². The molecule has 0 aliphatic carbocycles. The summed E-state index contributed by atoms with van der Waals surface area (Å²) in [6.45, 7) is 23.0. The maximum Gasteiger partial charge on any atom is 0.249 e. The van der Waals surface area contributed by atoms with Gasteiger partial charge in [-0.25, -0.2) is 0 Å². The van der Waals surface area contributed by atoms with Crippen molar-refractivity contribution in [1.29, 1.82) is 0 Å². The first-order valence-electron chi connectivity index (χ1n) is 18.4. The van der Waals surface area contributed by atoms with Gasteiger partial charge in [-0.2, -0.15) is 0 Å². The van der Waals surface area contributed by atoms with E-state index in [0.29, 0.717) is 49.3 Å². The molecule has 2 unspecified atom stereocenters. The van der Waals surface area contributed by atoms with Crippen molar-refractivity contribution in [3.63, 3.8) is 0 Å². The smallest absolute Gasteiger partial charge is 0.249 e. The van der Waals surface area contributed by atoms with Crippen molar-refractivity contribution in [2.24, 2.45) is 17.3 Å². The highest BCUT2D eigenvalue weighted by Gasteiger charge is 2.79. The molecule has 3 aliphatic heterocycles. The van der Waals surface area contributed by atoms with Crippen LogP contribution in [0.2, 0.25) is 0 Å². The number of carbonyl (C=O) groups is 3. The molecule has 1 spiro atoms. The molecule has 9 nitrogen and oxygen atoms in total. The number of ether oxygens (including phenoxy) is 2. The summed E-state index contributed by atoms with van der Waals surface area (Å²) in [6, 6.07) is 14.7. The first-order valence-corrected chi connectivity index (χ1v) is 18.4. The van der Waals surface area contributed by atoms with Crippen LogP contribution >= 0.6 is 0 Å². The van der Waals surface area contributed by atoms with E-state index in [9.17, 15) is 5.11 Å². The Hall–Kier alpha value is -3.95. The predicted molar refractivity (Wildman–Crippen MR) is 200 cm³/mol. The van der Waals surface area contributed by atoms with Crippen LogP contribution in [0, 0.1) is 17.3 Å². The highest BCUT2D eigenvalue weighted by atomic mass is 16.5. The van der Waals surface area contributed by atoms with Crippen LogP contribution in [0.1, 0.15) is 85.8 Å². The number of hydrogen-bond donors (Lipinski definition) is 1. The minimum absolute atomic E-state index is 0.103. The van der Waals surface area contributed by atoms with Gasteiger partial charge in [-0.3, -0.25) is 14.4 Å². The number of nitrogens with zero attached hydrogens (tertiary/aromatic N) is 3. The van der Waals surface area contributed by atoms with E-state index in [4.69, 9.17) is 9.47 Å². The van der Waals surface area contributed by atoms with Crippen molar-refractivity contribution >= 4 is 23.4 Å². The van der Waals surface area contributed by atoms with Gasteiger partial charge in [0.25, 0.3) is 0 Å². The number of rotatable bonds is 15. The fourth-order valence-corrected chi connectivity index (χ4v) is 9.49. The molecule has 2 aromatic carbocycles. The summed E-state index contributed by atoms with van der Waals surface area (Å²) in [7, 11) is 0. The average molecular weight is 700 g/mol. The first kappa shape index (κ1) is 38.3. The van der Waals surface area contributed by atoms with Crippen LogP contribution in [0.15, 0.2) is 79.9 Å². The average Bonchev–Trinajstić information content (AvgIpc) is 3.69. The second-order valence-electron chi connectivity index (χ2n) is 16.1. The number of benzene rings is 2. The topological polar surface area (TPSA) is 99.6 Å². The molecule has 3 heterocycles. The molecule has 2 bridgehead atoms. The Bertz CT molecular complexity index is 1600. The van der Waals surface area contributed by atoms with Crippen LogP contribution in [-0.2, 0) is 19.1 Å². The number of anilines is 1. The number of likely N-dealkylation sites (tertiary alicyclic amines) is 1. The second kappa shape index (κ2) is 14.6. The number of aliphatic hydroxyl groups is 1. The van der Waals surface area contributed by atoms with Crippen molar-refractivity contribution in [2.45, 2.75) is 103 Å². The molecule has 276 valence electrons. The molecule has 3 amide bonds. The highest BCUT2D eigenvalue weighted by molar-refractivity contribution is 6.04. The van der Waals surface area contributed by atoms with Crippen LogP contribution in [0.5, 0.6) is 5.75 Å². The molecule has 9 heteroatoms. The summed E-state index contributed by atoms with van der Waals surface area (Å²) in [4.78, 5) is 50.8. The first-order chi connectivity index (χ1) is 24.1. The zero-order valence-corrected chi connectivity index (χ0v) is 31.6. The fraction of sp³-hybridized carbons (Fsp3) is 0.548. The van der Waals surface area contributed by atoms with Crippen LogP contribution in [0.4, 0.5) is 5.69 Å². The van der Waals surface area contributed by atoms with Gasteiger partial charge in [0.2, 0.25) is 17.7 Å². The zero-order valence-electron chi connectivity index (χ0n) is 31.6. The summed E-state index contributed by atoms with van der Waals surface area (Å²) in [5, 5.41) is 11.0. The van der Waals surface area contributed by atoms with E-state index in [1.807, 2.05) is 87.2 Å². The van der Waals surface area contributed by atoms with Crippen molar-refractivity contribution in [2.75, 3.05) is 31.2 Å². The molecular weight excluding hydrogens is 642 g/mol. The van der Waals surface area contributed by atoms with Crippen LogP contribution < -0.4 is 9.64 Å². The summed E-state index contributed by atoms with van der Waals surface area (Å²) < 4.78 is 12.8. The summed E-state index contributed by atoms with van der Waals surface area (Å²) in [5.74, 6) is -1.95. The van der Waals surface area contributed by atoms with Crippen molar-refractivity contribution < 1.29 is 29.0 Å². The molecule has 3 saturated heterocycles. The molecule has 5 rings (SSSR count). The van der Waals surface area contributed by atoms with Gasteiger partial charge in [0.05, 0.1) is 36.7 Å². The summed E-state index contributed by atoms with van der Waals surface area (Å²) >= 11 is 0. The van der Waals surface area contributed by atoms with E-state index in [1.165, 1.54) is 0 Å². The molecule has 0 radical (unpaired) electrons. The number of amides is 3. The Morgan fingerprint density at radius 2 is 1.65 bits per heavy atom. The lowest BCUT2D eigenvalue weighted by Crippen LogP contribution is -2.61. The Kier molecular flexibility index (Phi) is 10.9. The van der Waals surface area contributed by atoms with Gasteiger partial charge < -0.3 is 29.3 Å². The third kappa shape index (κ3) is 6.75. The number of aliphatic hydroxyl groups excluding tert-OH is 1. The molecule has 3 aliphatic rings. The van der Waals surface area contributed by atoms with Crippen LogP contribution in [0.3, 0.4) is 0 Å². The van der Waals surface area contributed by atoms with Crippen molar-refractivity contribution in [3.8, 4) is 5.75 Å². The van der Waals surface area contributed by atoms with Gasteiger partial charge in [-0.15, -0.1) is 13.2 Å². The maximum atomic E-state index is 15.4. The van der Waals surface area contributed by atoms with Gasteiger partial charge in [0.15, 0.2) is 0 Å².